The molecule has 2 nitrogen and oxygen atoms in total. The minimum atomic E-state index is -4.57. The average molecular weight is 250 g/mol. The standard InChI is InChI=1S/C11H10F4O2/c12-8-3-1-2-7(4-8)10(11(13,14)15)17-6-9-5-16-9/h1-4,9-10H,5-6H2/t9-,10+/m0/s1. The molecule has 2 rings (SSSR count). The zero-order chi connectivity index (χ0) is 12.5. The van der Waals surface area contributed by atoms with Gasteiger partial charge < -0.3 is 9.47 Å². The Morgan fingerprint density at radius 1 is 1.41 bits per heavy atom. The lowest BCUT2D eigenvalue weighted by atomic mass is 10.1. The summed E-state index contributed by atoms with van der Waals surface area (Å²) in [6.45, 7) is 0.272. The molecule has 1 aliphatic heterocycles. The summed E-state index contributed by atoms with van der Waals surface area (Å²) in [6.07, 6.45) is -6.95. The molecule has 1 heterocycles. The van der Waals surface area contributed by atoms with E-state index in [1.54, 1.807) is 0 Å². The molecule has 0 bridgehead atoms. The van der Waals surface area contributed by atoms with Crippen LogP contribution in [0.15, 0.2) is 24.3 Å². The predicted molar refractivity (Wildman–Crippen MR) is 50.9 cm³/mol. The molecule has 0 saturated carbocycles. The molecule has 0 spiro atoms. The molecule has 94 valence electrons. The zero-order valence-electron chi connectivity index (χ0n) is 8.71. The van der Waals surface area contributed by atoms with Crippen molar-refractivity contribution < 1.29 is 27.0 Å². The first-order valence-electron chi connectivity index (χ1n) is 5.02. The van der Waals surface area contributed by atoms with Crippen LogP contribution in [-0.4, -0.2) is 25.5 Å². The van der Waals surface area contributed by atoms with Crippen molar-refractivity contribution in [1.29, 1.82) is 0 Å². The molecular formula is C11H10F4O2. The highest BCUT2D eigenvalue weighted by Gasteiger charge is 2.43. The summed E-state index contributed by atoms with van der Waals surface area (Å²) in [7, 11) is 0. The monoisotopic (exact) mass is 250 g/mol. The lowest BCUT2D eigenvalue weighted by Crippen LogP contribution is -2.25. The molecule has 1 aromatic carbocycles. The quantitative estimate of drug-likeness (QED) is 0.605. The molecule has 1 fully saturated rings. The first-order valence-corrected chi connectivity index (χ1v) is 5.02. The van der Waals surface area contributed by atoms with Crippen molar-refractivity contribution in [1.82, 2.24) is 0 Å². The van der Waals surface area contributed by atoms with E-state index in [4.69, 9.17) is 9.47 Å². The third-order valence-corrected chi connectivity index (χ3v) is 2.30. The molecule has 0 amide bonds. The van der Waals surface area contributed by atoms with Crippen molar-refractivity contribution in [2.24, 2.45) is 0 Å². The second-order valence-corrected chi connectivity index (χ2v) is 3.77. The van der Waals surface area contributed by atoms with E-state index < -0.39 is 18.1 Å². The fraction of sp³-hybridized carbons (Fsp3) is 0.455. The predicted octanol–water partition coefficient (Wildman–Crippen LogP) is 2.84. The van der Waals surface area contributed by atoms with Gasteiger partial charge >= 0.3 is 6.18 Å². The van der Waals surface area contributed by atoms with Gasteiger partial charge in [-0.25, -0.2) is 4.39 Å². The molecule has 0 N–H and O–H groups in total. The van der Waals surface area contributed by atoms with Crippen LogP contribution in [0.1, 0.15) is 11.7 Å². The largest absolute Gasteiger partial charge is 0.418 e. The van der Waals surface area contributed by atoms with Crippen LogP contribution in [0, 0.1) is 5.82 Å². The molecule has 6 heteroatoms. The molecule has 17 heavy (non-hydrogen) atoms. The van der Waals surface area contributed by atoms with Crippen LogP contribution in [0.5, 0.6) is 0 Å². The Hall–Kier alpha value is -1.14. The summed E-state index contributed by atoms with van der Waals surface area (Å²) in [5.74, 6) is -0.719. The number of ether oxygens (including phenoxy) is 2. The summed E-state index contributed by atoms with van der Waals surface area (Å²) in [4.78, 5) is 0. The third kappa shape index (κ3) is 3.41. The van der Waals surface area contributed by atoms with Gasteiger partial charge in [-0.05, 0) is 17.7 Å². The Morgan fingerprint density at radius 2 is 2.12 bits per heavy atom. The number of halogens is 4. The Kier molecular flexibility index (Phi) is 3.35. The van der Waals surface area contributed by atoms with Gasteiger partial charge in [0.2, 0.25) is 0 Å². The minimum Gasteiger partial charge on any atom is -0.371 e. The normalized spacial score (nSPS) is 21.3. The first kappa shape index (κ1) is 12.3. The first-order chi connectivity index (χ1) is 7.97. The van der Waals surface area contributed by atoms with Crippen molar-refractivity contribution in [3.63, 3.8) is 0 Å². The van der Waals surface area contributed by atoms with Gasteiger partial charge in [-0.15, -0.1) is 0 Å². The van der Waals surface area contributed by atoms with Crippen LogP contribution in [0.25, 0.3) is 0 Å². The van der Waals surface area contributed by atoms with Gasteiger partial charge in [0.05, 0.1) is 13.2 Å². The van der Waals surface area contributed by atoms with Crippen molar-refractivity contribution in [3.05, 3.63) is 35.6 Å². The summed E-state index contributed by atoms with van der Waals surface area (Å²) in [5.41, 5.74) is -0.238. The minimum absolute atomic E-state index is 0.138. The second kappa shape index (κ2) is 4.62. The number of hydrogen-bond donors (Lipinski definition) is 0. The van der Waals surface area contributed by atoms with Gasteiger partial charge in [-0.2, -0.15) is 13.2 Å². The highest BCUT2D eigenvalue weighted by Crippen LogP contribution is 2.36. The second-order valence-electron chi connectivity index (χ2n) is 3.77. The zero-order valence-corrected chi connectivity index (χ0v) is 8.71. The van der Waals surface area contributed by atoms with Gasteiger partial charge in [0.1, 0.15) is 11.9 Å². The van der Waals surface area contributed by atoms with E-state index in [2.05, 4.69) is 0 Å². The summed E-state index contributed by atoms with van der Waals surface area (Å²) in [5, 5.41) is 0. The van der Waals surface area contributed by atoms with Crippen LogP contribution in [-0.2, 0) is 9.47 Å². The molecule has 0 aromatic heterocycles. The Labute approximate surface area is 95.1 Å². The van der Waals surface area contributed by atoms with Gasteiger partial charge in [-0.1, -0.05) is 12.1 Å². The number of hydrogen-bond acceptors (Lipinski definition) is 2. The molecule has 0 radical (unpaired) electrons. The van der Waals surface area contributed by atoms with Gasteiger partial charge in [-0.3, -0.25) is 0 Å². The van der Waals surface area contributed by atoms with Crippen molar-refractivity contribution in [2.75, 3.05) is 13.2 Å². The molecule has 0 unspecified atom stereocenters. The number of epoxide rings is 1. The van der Waals surface area contributed by atoms with Crippen LogP contribution >= 0.6 is 0 Å². The molecule has 2 atom stereocenters. The van der Waals surface area contributed by atoms with Crippen molar-refractivity contribution >= 4 is 0 Å². The molecule has 1 aromatic rings. The maximum absolute atomic E-state index is 12.9. The number of rotatable bonds is 4. The van der Waals surface area contributed by atoms with E-state index in [1.165, 1.54) is 12.1 Å². The highest BCUT2D eigenvalue weighted by atomic mass is 19.4. The molecule has 0 aliphatic carbocycles. The van der Waals surface area contributed by atoms with Crippen LogP contribution in [0.2, 0.25) is 0 Å². The topological polar surface area (TPSA) is 21.8 Å². The van der Waals surface area contributed by atoms with Gasteiger partial charge in [0.25, 0.3) is 0 Å². The SMILES string of the molecule is Fc1cccc([C@@H](OC[C@@H]2CO2)C(F)(F)F)c1. The summed E-state index contributed by atoms with van der Waals surface area (Å²) in [6, 6.07) is 4.32. The highest BCUT2D eigenvalue weighted by molar-refractivity contribution is 5.20. The number of benzene rings is 1. The summed E-state index contributed by atoms with van der Waals surface area (Å²) < 4.78 is 60.6. The third-order valence-electron chi connectivity index (χ3n) is 2.30. The van der Waals surface area contributed by atoms with Crippen molar-refractivity contribution in [3.8, 4) is 0 Å². The maximum atomic E-state index is 12.9. The van der Waals surface area contributed by atoms with Gasteiger partial charge in [0.15, 0.2) is 6.10 Å². The average Bonchev–Trinajstić information content (AvgIpc) is 3.00. The van der Waals surface area contributed by atoms with Crippen molar-refractivity contribution in [2.45, 2.75) is 18.4 Å². The lowest BCUT2D eigenvalue weighted by Gasteiger charge is -2.20. The fourth-order valence-corrected chi connectivity index (χ4v) is 1.42. The Balaban J connectivity index is 2.13. The Bertz CT molecular complexity index is 387. The van der Waals surface area contributed by atoms with E-state index in [1.807, 2.05) is 0 Å². The number of alkyl halides is 3. The van der Waals surface area contributed by atoms with Crippen LogP contribution in [0.3, 0.4) is 0 Å². The van der Waals surface area contributed by atoms with E-state index in [9.17, 15) is 17.6 Å². The van der Waals surface area contributed by atoms with E-state index >= 15 is 0 Å². The lowest BCUT2D eigenvalue weighted by molar-refractivity contribution is -0.224. The van der Waals surface area contributed by atoms with E-state index in [0.717, 1.165) is 12.1 Å². The maximum Gasteiger partial charge on any atom is 0.418 e. The smallest absolute Gasteiger partial charge is 0.371 e. The molecule has 1 aliphatic rings. The Morgan fingerprint density at radius 3 is 2.65 bits per heavy atom. The van der Waals surface area contributed by atoms with Crippen LogP contribution < -0.4 is 0 Å². The fourth-order valence-electron chi connectivity index (χ4n) is 1.42. The molecular weight excluding hydrogens is 240 g/mol. The van der Waals surface area contributed by atoms with Crippen LogP contribution in [0.4, 0.5) is 17.6 Å². The summed E-state index contributed by atoms with van der Waals surface area (Å²) >= 11 is 0. The molecule has 1 saturated heterocycles. The van der Waals surface area contributed by atoms with E-state index in [-0.39, 0.29) is 18.3 Å². The van der Waals surface area contributed by atoms with E-state index in [0.29, 0.717) is 6.61 Å². The van der Waals surface area contributed by atoms with Gasteiger partial charge in [0, 0.05) is 0 Å².